The summed E-state index contributed by atoms with van der Waals surface area (Å²) >= 11 is 0. The van der Waals surface area contributed by atoms with Gasteiger partial charge in [0.05, 0.1) is 0 Å². The molecule has 0 N–H and O–H groups in total. The third-order valence-electron chi connectivity index (χ3n) is 2.55. The van der Waals surface area contributed by atoms with E-state index in [0.29, 0.717) is 5.92 Å². The van der Waals surface area contributed by atoms with Gasteiger partial charge in [-0.2, -0.15) is 0 Å². The van der Waals surface area contributed by atoms with E-state index in [1.54, 1.807) is 7.11 Å². The van der Waals surface area contributed by atoms with Gasteiger partial charge in [0.15, 0.2) is 0 Å². The summed E-state index contributed by atoms with van der Waals surface area (Å²) in [4.78, 5) is 0. The van der Waals surface area contributed by atoms with Gasteiger partial charge in [-0.1, -0.05) is 30.3 Å². The van der Waals surface area contributed by atoms with Crippen molar-refractivity contribution >= 4 is 6.92 Å². The van der Waals surface area contributed by atoms with Gasteiger partial charge in [0, 0.05) is 7.11 Å². The minimum Gasteiger partial charge on any atom is -0.434 e. The topological polar surface area (TPSA) is 9.23 Å². The first-order valence-corrected chi connectivity index (χ1v) is 4.77. The first-order valence-electron chi connectivity index (χ1n) is 4.77. The number of allylic oxidation sites excluding steroid dienone is 3. The van der Waals surface area contributed by atoms with E-state index in [-0.39, 0.29) is 6.92 Å². The van der Waals surface area contributed by atoms with Crippen LogP contribution in [0.5, 0.6) is 0 Å². The van der Waals surface area contributed by atoms with Crippen molar-refractivity contribution in [2.24, 2.45) is 5.92 Å². The lowest BCUT2D eigenvalue weighted by molar-refractivity contribution is 0.409. The molecule has 0 amide bonds. The monoisotopic (exact) mass is 176 g/mol. The summed E-state index contributed by atoms with van der Waals surface area (Å²) in [5.41, 5.74) is 1.31. The van der Waals surface area contributed by atoms with E-state index < -0.39 is 0 Å². The molecule has 70 valence electrons. The fourth-order valence-corrected chi connectivity index (χ4v) is 1.85. The van der Waals surface area contributed by atoms with Gasteiger partial charge in [0.25, 0.3) is 0 Å². The van der Waals surface area contributed by atoms with E-state index in [4.69, 9.17) is 4.65 Å². The average Bonchev–Trinajstić information content (AvgIpc) is 2.17. The summed E-state index contributed by atoms with van der Waals surface area (Å²) in [6, 6.07) is 0. The number of rotatable bonds is 4. The maximum atomic E-state index is 5.34. The number of hydrogen-bond acceptors (Lipinski definition) is 1. The fraction of sp³-hybridized carbons (Fsp3) is 0.455. The summed E-state index contributed by atoms with van der Waals surface area (Å²) in [6.07, 6.45) is 7.23. The highest BCUT2D eigenvalue weighted by atomic mass is 16.4. The largest absolute Gasteiger partial charge is 0.434 e. The second-order valence-electron chi connectivity index (χ2n) is 3.55. The van der Waals surface area contributed by atoms with Gasteiger partial charge in [-0.3, -0.25) is 0 Å². The Balaban J connectivity index is 2.62. The molecule has 1 atom stereocenters. The van der Waals surface area contributed by atoms with E-state index in [1.807, 2.05) is 12.2 Å². The summed E-state index contributed by atoms with van der Waals surface area (Å²) in [6.45, 7) is 7.84. The molecule has 0 aliphatic carbocycles. The molecule has 2 heteroatoms. The van der Waals surface area contributed by atoms with Crippen molar-refractivity contribution in [3.63, 3.8) is 0 Å². The van der Waals surface area contributed by atoms with Crippen molar-refractivity contribution in [1.82, 2.24) is 0 Å². The minimum atomic E-state index is 0.270. The lowest BCUT2D eigenvalue weighted by Gasteiger charge is -2.23. The third-order valence-corrected chi connectivity index (χ3v) is 2.55. The first kappa shape index (κ1) is 10.3. The van der Waals surface area contributed by atoms with Crippen LogP contribution in [-0.2, 0) is 4.65 Å². The highest BCUT2D eigenvalue weighted by Gasteiger charge is 2.23. The average molecular weight is 176 g/mol. The molecule has 0 fully saturated rings. The normalized spacial score (nSPS) is 22.4. The molecule has 1 aliphatic rings. The van der Waals surface area contributed by atoms with Crippen molar-refractivity contribution in [2.75, 3.05) is 7.11 Å². The molecule has 0 spiro atoms. The van der Waals surface area contributed by atoms with Crippen LogP contribution in [0, 0.1) is 5.92 Å². The van der Waals surface area contributed by atoms with Crippen LogP contribution in [-0.4, -0.2) is 14.0 Å². The molecule has 0 aromatic carbocycles. The molecule has 0 aromatic heterocycles. The van der Waals surface area contributed by atoms with Crippen molar-refractivity contribution in [1.29, 1.82) is 0 Å². The maximum absolute atomic E-state index is 5.34. The van der Waals surface area contributed by atoms with E-state index in [9.17, 15) is 0 Å². The smallest absolute Gasteiger partial charge is 0.319 e. The second kappa shape index (κ2) is 5.08. The Morgan fingerprint density at radius 1 is 1.69 bits per heavy atom. The summed E-state index contributed by atoms with van der Waals surface area (Å²) in [7, 11) is 1.76. The Labute approximate surface area is 81.3 Å². The van der Waals surface area contributed by atoms with Crippen LogP contribution in [0.2, 0.25) is 6.32 Å². The SMILES string of the molecule is C=CCC1CB(OC)C=C(C=C)C1. The van der Waals surface area contributed by atoms with Gasteiger partial charge in [0.2, 0.25) is 0 Å². The van der Waals surface area contributed by atoms with Crippen LogP contribution >= 0.6 is 0 Å². The molecule has 1 nitrogen and oxygen atoms in total. The van der Waals surface area contributed by atoms with Crippen molar-refractivity contribution < 1.29 is 4.65 Å². The highest BCUT2D eigenvalue weighted by Crippen LogP contribution is 2.27. The summed E-state index contributed by atoms with van der Waals surface area (Å²) in [5, 5.41) is 0. The quantitative estimate of drug-likeness (QED) is 0.472. The van der Waals surface area contributed by atoms with Gasteiger partial charge < -0.3 is 4.65 Å². The molecule has 1 rings (SSSR count). The standard InChI is InChI=1S/C11H17BO/c1-4-6-11-7-10(5-2)8-12(9-11)13-3/h4-5,8,11H,1-2,6-7,9H2,3H3. The van der Waals surface area contributed by atoms with Gasteiger partial charge >= 0.3 is 6.92 Å². The molecule has 0 radical (unpaired) electrons. The molecule has 0 aromatic rings. The van der Waals surface area contributed by atoms with Crippen LogP contribution in [0.4, 0.5) is 0 Å². The van der Waals surface area contributed by atoms with E-state index in [1.165, 1.54) is 5.57 Å². The second-order valence-corrected chi connectivity index (χ2v) is 3.55. The lowest BCUT2D eigenvalue weighted by Crippen LogP contribution is -2.23. The molecular formula is C11H17BO. The van der Waals surface area contributed by atoms with Gasteiger partial charge in [-0.05, 0) is 25.1 Å². The Morgan fingerprint density at radius 3 is 3.00 bits per heavy atom. The Kier molecular flexibility index (Phi) is 4.03. The van der Waals surface area contributed by atoms with E-state index >= 15 is 0 Å². The van der Waals surface area contributed by atoms with Crippen LogP contribution in [0.15, 0.2) is 36.9 Å². The van der Waals surface area contributed by atoms with E-state index in [0.717, 1.165) is 19.2 Å². The molecule has 0 saturated carbocycles. The molecule has 1 unspecified atom stereocenters. The highest BCUT2D eigenvalue weighted by molar-refractivity contribution is 6.58. The molecular weight excluding hydrogens is 159 g/mol. The summed E-state index contributed by atoms with van der Waals surface area (Å²) < 4.78 is 5.34. The predicted octanol–water partition coefficient (Wildman–Crippen LogP) is 2.87. The van der Waals surface area contributed by atoms with Crippen LogP contribution in [0.25, 0.3) is 0 Å². The van der Waals surface area contributed by atoms with Crippen LogP contribution < -0.4 is 0 Å². The third kappa shape index (κ3) is 2.89. The number of hydrogen-bond donors (Lipinski definition) is 0. The van der Waals surface area contributed by atoms with Crippen molar-refractivity contribution in [3.8, 4) is 0 Å². The van der Waals surface area contributed by atoms with Crippen molar-refractivity contribution in [2.45, 2.75) is 19.2 Å². The summed E-state index contributed by atoms with van der Waals surface area (Å²) in [5.74, 6) is 2.85. The molecule has 0 bridgehead atoms. The van der Waals surface area contributed by atoms with Gasteiger partial charge in [0.1, 0.15) is 0 Å². The van der Waals surface area contributed by atoms with E-state index in [2.05, 4.69) is 19.1 Å². The minimum absolute atomic E-state index is 0.270. The van der Waals surface area contributed by atoms with Crippen LogP contribution in [0.3, 0.4) is 0 Å². The lowest BCUT2D eigenvalue weighted by atomic mass is 9.55. The first-order chi connectivity index (χ1) is 6.30. The van der Waals surface area contributed by atoms with Crippen molar-refractivity contribution in [3.05, 3.63) is 36.9 Å². The zero-order valence-corrected chi connectivity index (χ0v) is 8.33. The fourth-order valence-electron chi connectivity index (χ4n) is 1.85. The Bertz CT molecular complexity index is 220. The Morgan fingerprint density at radius 2 is 2.46 bits per heavy atom. The Hall–Kier alpha value is -0.755. The molecule has 1 heterocycles. The van der Waals surface area contributed by atoms with Crippen LogP contribution in [0.1, 0.15) is 12.8 Å². The predicted molar refractivity (Wildman–Crippen MR) is 58.8 cm³/mol. The molecule has 13 heavy (non-hydrogen) atoms. The van der Waals surface area contributed by atoms with Gasteiger partial charge in [-0.25, -0.2) is 0 Å². The molecule has 1 aliphatic heterocycles. The maximum Gasteiger partial charge on any atom is 0.319 e. The molecule has 0 saturated heterocycles. The zero-order chi connectivity index (χ0) is 9.68. The van der Waals surface area contributed by atoms with Gasteiger partial charge in [-0.15, -0.1) is 6.58 Å². The zero-order valence-electron chi connectivity index (χ0n) is 8.33.